The maximum absolute atomic E-state index is 5.87. The summed E-state index contributed by atoms with van der Waals surface area (Å²) < 4.78 is 0.921. The molecule has 0 heterocycles. The summed E-state index contributed by atoms with van der Waals surface area (Å²) in [5.74, 6) is 0. The van der Waals surface area contributed by atoms with E-state index in [4.69, 9.17) is 18.0 Å². The van der Waals surface area contributed by atoms with Crippen LogP contribution in [0.2, 0.25) is 0 Å². The molecule has 3 rings (SSSR count). The maximum atomic E-state index is 5.87. The van der Waals surface area contributed by atoms with Crippen LogP contribution in [0.4, 0.5) is 11.4 Å². The Kier molecular flexibility index (Phi) is 4.27. The highest BCUT2D eigenvalue weighted by atomic mass is 79.9. The van der Waals surface area contributed by atoms with E-state index in [9.17, 15) is 0 Å². The smallest absolute Gasteiger partial charge is 0.107 e. The number of rotatable bonds is 3. The number of fused-ring (bicyclic) bond motifs is 1. The normalized spacial score (nSPS) is 13.6. The van der Waals surface area contributed by atoms with E-state index in [-0.39, 0.29) is 0 Å². The molecule has 2 nitrogen and oxygen atoms in total. The third-order valence-corrected chi connectivity index (χ3v) is 4.79. The van der Waals surface area contributed by atoms with E-state index in [0.717, 1.165) is 22.1 Å². The fourth-order valence-electron chi connectivity index (χ4n) is 2.92. The number of nitrogens with one attached hydrogen (secondary N) is 1. The fraction of sp³-hybridized carbons (Fsp3) is 0.235. The molecular formula is C17H17BrN2S. The minimum Gasteiger partial charge on any atom is -0.389 e. The van der Waals surface area contributed by atoms with Crippen molar-refractivity contribution in [1.29, 1.82) is 0 Å². The van der Waals surface area contributed by atoms with Gasteiger partial charge in [0, 0.05) is 21.4 Å². The van der Waals surface area contributed by atoms with E-state index >= 15 is 0 Å². The van der Waals surface area contributed by atoms with Crippen molar-refractivity contribution >= 4 is 44.5 Å². The van der Waals surface area contributed by atoms with E-state index in [1.807, 2.05) is 18.2 Å². The Bertz CT molecular complexity index is 697. The van der Waals surface area contributed by atoms with Crippen LogP contribution < -0.4 is 11.1 Å². The molecule has 3 N–H and O–H groups in total. The zero-order valence-electron chi connectivity index (χ0n) is 11.7. The monoisotopic (exact) mass is 360 g/mol. The lowest BCUT2D eigenvalue weighted by atomic mass is 9.90. The summed E-state index contributed by atoms with van der Waals surface area (Å²) in [6, 6.07) is 12.4. The van der Waals surface area contributed by atoms with Gasteiger partial charge in [0.2, 0.25) is 0 Å². The average molecular weight is 361 g/mol. The third-order valence-electron chi connectivity index (χ3n) is 3.93. The Morgan fingerprint density at radius 1 is 1.05 bits per heavy atom. The number of anilines is 2. The Balaban J connectivity index is 2.02. The van der Waals surface area contributed by atoms with Gasteiger partial charge in [0.25, 0.3) is 0 Å². The average Bonchev–Trinajstić information content (AvgIpc) is 2.47. The van der Waals surface area contributed by atoms with Crippen molar-refractivity contribution in [1.82, 2.24) is 0 Å². The number of nitrogens with two attached hydrogens (primary N) is 1. The minimum absolute atomic E-state index is 0.398. The molecule has 1 aliphatic rings. The molecule has 0 aliphatic heterocycles. The molecule has 0 radical (unpaired) electrons. The van der Waals surface area contributed by atoms with Crippen LogP contribution in [-0.4, -0.2) is 4.99 Å². The zero-order chi connectivity index (χ0) is 14.8. The first kappa shape index (κ1) is 14.5. The lowest BCUT2D eigenvalue weighted by Gasteiger charge is -2.21. The van der Waals surface area contributed by atoms with Gasteiger partial charge in [-0.05, 0) is 70.9 Å². The van der Waals surface area contributed by atoms with E-state index in [1.54, 1.807) is 0 Å². The molecule has 0 fully saturated rings. The van der Waals surface area contributed by atoms with Gasteiger partial charge in [-0.25, -0.2) is 0 Å². The van der Waals surface area contributed by atoms with E-state index in [2.05, 4.69) is 39.4 Å². The van der Waals surface area contributed by atoms with Gasteiger partial charge in [-0.2, -0.15) is 0 Å². The summed E-state index contributed by atoms with van der Waals surface area (Å²) in [5.41, 5.74) is 11.7. The molecule has 21 heavy (non-hydrogen) atoms. The molecule has 0 spiro atoms. The van der Waals surface area contributed by atoms with E-state index in [0.29, 0.717) is 4.99 Å². The van der Waals surface area contributed by atoms with Crippen molar-refractivity contribution in [3.05, 3.63) is 57.6 Å². The summed E-state index contributed by atoms with van der Waals surface area (Å²) >= 11 is 8.71. The second-order valence-corrected chi connectivity index (χ2v) is 6.60. The number of hydrogen-bond acceptors (Lipinski definition) is 2. The van der Waals surface area contributed by atoms with Gasteiger partial charge < -0.3 is 11.1 Å². The largest absolute Gasteiger partial charge is 0.389 e. The van der Waals surface area contributed by atoms with Gasteiger partial charge in [0.1, 0.15) is 4.99 Å². The third kappa shape index (κ3) is 2.97. The summed E-state index contributed by atoms with van der Waals surface area (Å²) in [6.45, 7) is 0. The zero-order valence-corrected chi connectivity index (χ0v) is 14.1. The van der Waals surface area contributed by atoms with Gasteiger partial charge in [0.15, 0.2) is 0 Å². The highest BCUT2D eigenvalue weighted by Gasteiger charge is 2.15. The van der Waals surface area contributed by atoms with Crippen molar-refractivity contribution in [2.45, 2.75) is 25.7 Å². The molecule has 2 aromatic carbocycles. The topological polar surface area (TPSA) is 38.0 Å². The highest BCUT2D eigenvalue weighted by Crippen LogP contribution is 2.32. The van der Waals surface area contributed by atoms with Crippen LogP contribution in [0.25, 0.3) is 0 Å². The van der Waals surface area contributed by atoms with Crippen molar-refractivity contribution < 1.29 is 0 Å². The number of hydrogen-bond donors (Lipinski definition) is 2. The lowest BCUT2D eigenvalue weighted by molar-refractivity contribution is 0.687. The molecular weight excluding hydrogens is 344 g/mol. The molecule has 2 aromatic rings. The van der Waals surface area contributed by atoms with Crippen LogP contribution >= 0.6 is 28.1 Å². The first-order valence-electron chi connectivity index (χ1n) is 7.13. The van der Waals surface area contributed by atoms with Crippen molar-refractivity contribution in [3.63, 3.8) is 0 Å². The summed E-state index contributed by atoms with van der Waals surface area (Å²) in [7, 11) is 0. The van der Waals surface area contributed by atoms with Crippen LogP contribution in [0.3, 0.4) is 0 Å². The van der Waals surface area contributed by atoms with Crippen molar-refractivity contribution in [2.75, 3.05) is 5.32 Å². The molecule has 1 aliphatic carbocycles. The first-order chi connectivity index (χ1) is 10.2. The highest BCUT2D eigenvalue weighted by molar-refractivity contribution is 9.10. The Labute approximate surface area is 138 Å². The number of thiocarbonyl (C=S) groups is 1. The van der Waals surface area contributed by atoms with Gasteiger partial charge >= 0.3 is 0 Å². The number of halogens is 1. The summed E-state index contributed by atoms with van der Waals surface area (Å²) in [5, 5.41) is 3.53. The van der Waals surface area contributed by atoms with Crippen molar-refractivity contribution in [2.24, 2.45) is 5.73 Å². The van der Waals surface area contributed by atoms with Gasteiger partial charge in [0.05, 0.1) is 0 Å². The number of benzene rings is 2. The molecule has 0 atom stereocenters. The predicted octanol–water partition coefficient (Wildman–Crippen LogP) is 4.71. The second-order valence-electron chi connectivity index (χ2n) is 5.30. The Morgan fingerprint density at radius 2 is 1.76 bits per heavy atom. The Hall–Kier alpha value is -1.39. The molecule has 4 heteroatoms. The Morgan fingerprint density at radius 3 is 2.57 bits per heavy atom. The SMILES string of the molecule is NC(=S)c1c(Br)cccc1Nc1cccc2c1CCCC2. The maximum Gasteiger partial charge on any atom is 0.107 e. The van der Waals surface area contributed by atoms with Crippen LogP contribution in [-0.2, 0) is 12.8 Å². The van der Waals surface area contributed by atoms with E-state index in [1.165, 1.54) is 36.1 Å². The van der Waals surface area contributed by atoms with Crippen LogP contribution in [0, 0.1) is 0 Å². The molecule has 108 valence electrons. The minimum atomic E-state index is 0.398. The van der Waals surface area contributed by atoms with Gasteiger partial charge in [-0.15, -0.1) is 0 Å². The second kappa shape index (κ2) is 6.16. The van der Waals surface area contributed by atoms with Gasteiger partial charge in [-0.3, -0.25) is 0 Å². The molecule has 0 amide bonds. The quantitative estimate of drug-likeness (QED) is 0.778. The molecule has 0 aromatic heterocycles. The molecule has 0 saturated carbocycles. The van der Waals surface area contributed by atoms with Crippen LogP contribution in [0.5, 0.6) is 0 Å². The van der Waals surface area contributed by atoms with Gasteiger partial charge in [-0.1, -0.05) is 30.4 Å². The van der Waals surface area contributed by atoms with E-state index < -0.39 is 0 Å². The molecule has 0 unspecified atom stereocenters. The lowest BCUT2D eigenvalue weighted by Crippen LogP contribution is -2.13. The first-order valence-corrected chi connectivity index (χ1v) is 8.33. The summed E-state index contributed by atoms with van der Waals surface area (Å²) in [6.07, 6.45) is 4.85. The number of aryl methyl sites for hydroxylation is 1. The van der Waals surface area contributed by atoms with Crippen LogP contribution in [0.15, 0.2) is 40.9 Å². The molecule has 0 bridgehead atoms. The standard InChI is InChI=1S/C17H17BrN2S/c18-13-8-4-10-15(16(13)17(19)21)20-14-9-3-6-11-5-1-2-7-12(11)14/h3-4,6,8-10,20H,1-2,5,7H2,(H2,19,21). The predicted molar refractivity (Wildman–Crippen MR) is 96.4 cm³/mol. The van der Waals surface area contributed by atoms with Crippen molar-refractivity contribution in [3.8, 4) is 0 Å². The van der Waals surface area contributed by atoms with Crippen LogP contribution in [0.1, 0.15) is 29.5 Å². The fourth-order valence-corrected chi connectivity index (χ4v) is 3.85. The molecule has 0 saturated heterocycles. The summed E-state index contributed by atoms with van der Waals surface area (Å²) in [4.78, 5) is 0.398.